The molecule has 32 heavy (non-hydrogen) atoms. The number of hydrogen-bond donors (Lipinski definition) is 0. The van der Waals surface area contributed by atoms with Crippen LogP contribution in [0.3, 0.4) is 0 Å². The lowest BCUT2D eigenvalue weighted by molar-refractivity contribution is -0.118. The van der Waals surface area contributed by atoms with E-state index in [2.05, 4.69) is 0 Å². The van der Waals surface area contributed by atoms with E-state index in [0.717, 1.165) is 12.1 Å². The smallest absolute Gasteiger partial charge is 0.419 e. The van der Waals surface area contributed by atoms with Gasteiger partial charge in [0.15, 0.2) is 0 Å². The summed E-state index contributed by atoms with van der Waals surface area (Å²) in [4.78, 5) is 26.5. The van der Waals surface area contributed by atoms with E-state index >= 15 is 0 Å². The van der Waals surface area contributed by atoms with Gasteiger partial charge < -0.3 is 14.4 Å². The molecule has 0 aliphatic rings. The van der Waals surface area contributed by atoms with Gasteiger partial charge in [0.2, 0.25) is 5.91 Å². The van der Waals surface area contributed by atoms with Crippen LogP contribution in [0, 0.1) is 5.82 Å². The molecule has 170 valence electrons. The summed E-state index contributed by atoms with van der Waals surface area (Å²) in [6.45, 7) is 7.37. The van der Waals surface area contributed by atoms with Gasteiger partial charge >= 0.3 is 6.09 Å². The van der Waals surface area contributed by atoms with Crippen LogP contribution < -0.4 is 9.64 Å². The Kier molecular flexibility index (Phi) is 6.87. The van der Waals surface area contributed by atoms with Crippen molar-refractivity contribution >= 4 is 28.6 Å². The maximum absolute atomic E-state index is 13.9. The highest BCUT2D eigenvalue weighted by atomic mass is 19.1. The van der Waals surface area contributed by atoms with Crippen LogP contribution in [0.4, 0.5) is 14.9 Å². The van der Waals surface area contributed by atoms with Crippen molar-refractivity contribution in [2.75, 3.05) is 11.9 Å². The summed E-state index contributed by atoms with van der Waals surface area (Å²) < 4.78 is 26.6. The molecule has 2 aromatic carbocycles. The van der Waals surface area contributed by atoms with E-state index in [1.165, 1.54) is 16.7 Å². The molecule has 6 nitrogen and oxygen atoms in total. The summed E-state index contributed by atoms with van der Waals surface area (Å²) >= 11 is 0. The van der Waals surface area contributed by atoms with E-state index in [0.29, 0.717) is 28.8 Å². The van der Waals surface area contributed by atoms with Gasteiger partial charge in [0.1, 0.15) is 23.8 Å². The Morgan fingerprint density at radius 1 is 1.06 bits per heavy atom. The zero-order valence-electron chi connectivity index (χ0n) is 19.1. The number of aromatic nitrogens is 1. The van der Waals surface area contributed by atoms with Crippen molar-refractivity contribution in [3.8, 4) is 5.75 Å². The van der Waals surface area contributed by atoms with E-state index in [1.54, 1.807) is 57.0 Å². The summed E-state index contributed by atoms with van der Waals surface area (Å²) in [5.74, 6) is 0.192. The number of ether oxygens (including phenoxy) is 2. The summed E-state index contributed by atoms with van der Waals surface area (Å²) in [7, 11) is 1.74. The maximum Gasteiger partial charge on any atom is 0.419 e. The van der Waals surface area contributed by atoms with Crippen LogP contribution in [0.15, 0.2) is 48.5 Å². The van der Waals surface area contributed by atoms with E-state index < -0.39 is 17.5 Å². The molecule has 1 amide bonds. The predicted octanol–water partition coefficient (Wildman–Crippen LogP) is 5.91. The molecule has 7 heteroatoms. The van der Waals surface area contributed by atoms with Crippen LogP contribution in [0.1, 0.15) is 46.2 Å². The molecule has 0 saturated heterocycles. The van der Waals surface area contributed by atoms with Crippen molar-refractivity contribution in [1.82, 2.24) is 4.57 Å². The second-order valence-electron chi connectivity index (χ2n) is 8.64. The van der Waals surface area contributed by atoms with E-state index in [1.807, 2.05) is 19.1 Å². The number of hydrogen-bond acceptors (Lipinski definition) is 4. The highest BCUT2D eigenvalue weighted by Crippen LogP contribution is 2.25. The van der Waals surface area contributed by atoms with E-state index in [9.17, 15) is 14.0 Å². The number of amides is 1. The number of halogens is 1. The average Bonchev–Trinajstić information content (AvgIpc) is 3.08. The molecule has 3 aromatic rings. The fraction of sp³-hybridized carbons (Fsp3) is 0.360. The minimum atomic E-state index is -0.698. The first-order chi connectivity index (χ1) is 15.1. The van der Waals surface area contributed by atoms with Gasteiger partial charge in [-0.05, 0) is 75.7 Å². The van der Waals surface area contributed by atoms with Crippen LogP contribution in [-0.4, -0.2) is 29.2 Å². The molecule has 1 heterocycles. The highest BCUT2D eigenvalue weighted by Gasteiger charge is 2.22. The monoisotopic (exact) mass is 440 g/mol. The number of carbonyl (C=O) groups excluding carboxylic acids is 2. The Morgan fingerprint density at radius 2 is 1.75 bits per heavy atom. The Morgan fingerprint density at radius 3 is 2.38 bits per heavy atom. The van der Waals surface area contributed by atoms with Crippen molar-refractivity contribution < 1.29 is 23.5 Å². The zero-order valence-corrected chi connectivity index (χ0v) is 19.1. The predicted molar refractivity (Wildman–Crippen MR) is 123 cm³/mol. The van der Waals surface area contributed by atoms with Gasteiger partial charge in [0, 0.05) is 24.5 Å². The van der Waals surface area contributed by atoms with Crippen LogP contribution in [-0.2, 0) is 16.1 Å². The lowest BCUT2D eigenvalue weighted by Crippen LogP contribution is -2.28. The SMILES string of the molecule is CCCC(=O)N(C)c1ccc(OCc2cc3ccc(F)cc3n2C(=O)OC(C)(C)C)cc1. The fourth-order valence-electron chi connectivity index (χ4n) is 3.31. The van der Waals surface area contributed by atoms with Gasteiger partial charge in [-0.15, -0.1) is 0 Å². The zero-order chi connectivity index (χ0) is 23.5. The number of rotatable bonds is 6. The fourth-order valence-corrected chi connectivity index (χ4v) is 3.31. The lowest BCUT2D eigenvalue weighted by atomic mass is 10.2. The Bertz CT molecular complexity index is 1110. The minimum Gasteiger partial charge on any atom is -0.487 e. The van der Waals surface area contributed by atoms with Gasteiger partial charge in [-0.2, -0.15) is 0 Å². The molecule has 0 aliphatic heterocycles. The summed E-state index contributed by atoms with van der Waals surface area (Å²) in [5, 5.41) is 0.710. The van der Waals surface area contributed by atoms with Gasteiger partial charge in [0.05, 0.1) is 11.2 Å². The maximum atomic E-state index is 13.9. The van der Waals surface area contributed by atoms with Gasteiger partial charge in [-0.3, -0.25) is 4.79 Å². The highest BCUT2D eigenvalue weighted by molar-refractivity contribution is 5.93. The molecule has 0 spiro atoms. The molecular formula is C25H29FN2O4. The summed E-state index contributed by atoms with van der Waals surface area (Å²) in [6.07, 6.45) is 0.688. The molecule has 0 saturated carbocycles. The number of carbonyl (C=O) groups is 2. The van der Waals surface area contributed by atoms with Gasteiger partial charge in [0.25, 0.3) is 0 Å². The molecule has 3 rings (SSSR count). The van der Waals surface area contributed by atoms with Crippen LogP contribution in [0.5, 0.6) is 5.75 Å². The summed E-state index contributed by atoms with van der Waals surface area (Å²) in [6, 6.07) is 13.2. The molecular weight excluding hydrogens is 411 g/mol. The summed E-state index contributed by atoms with van der Waals surface area (Å²) in [5.41, 5.74) is 1.04. The first kappa shape index (κ1) is 23.3. The first-order valence-electron chi connectivity index (χ1n) is 10.6. The quantitative estimate of drug-likeness (QED) is 0.478. The number of nitrogens with zero attached hydrogens (tertiary/aromatic N) is 2. The molecule has 0 bridgehead atoms. The molecule has 0 radical (unpaired) electrons. The minimum absolute atomic E-state index is 0.0512. The molecule has 0 aliphatic carbocycles. The Balaban J connectivity index is 1.82. The Labute approximate surface area is 187 Å². The molecule has 0 N–H and O–H groups in total. The van der Waals surface area contributed by atoms with Crippen LogP contribution in [0.25, 0.3) is 10.9 Å². The number of fused-ring (bicyclic) bond motifs is 1. The normalized spacial score (nSPS) is 11.4. The largest absolute Gasteiger partial charge is 0.487 e. The molecule has 0 atom stereocenters. The lowest BCUT2D eigenvalue weighted by Gasteiger charge is -2.21. The molecule has 0 unspecified atom stereocenters. The molecule has 1 aromatic heterocycles. The van der Waals surface area contributed by atoms with Crippen molar-refractivity contribution in [2.45, 2.75) is 52.7 Å². The first-order valence-corrected chi connectivity index (χ1v) is 10.6. The van der Waals surface area contributed by atoms with Crippen LogP contribution in [0.2, 0.25) is 0 Å². The van der Waals surface area contributed by atoms with Crippen molar-refractivity contribution in [3.05, 3.63) is 60.0 Å². The van der Waals surface area contributed by atoms with Gasteiger partial charge in [-0.25, -0.2) is 13.8 Å². The number of benzene rings is 2. The van der Waals surface area contributed by atoms with Crippen LogP contribution >= 0.6 is 0 Å². The van der Waals surface area contributed by atoms with Crippen molar-refractivity contribution in [2.24, 2.45) is 0 Å². The molecule has 0 fully saturated rings. The average molecular weight is 441 g/mol. The van der Waals surface area contributed by atoms with E-state index in [-0.39, 0.29) is 12.5 Å². The van der Waals surface area contributed by atoms with Crippen molar-refractivity contribution in [3.63, 3.8) is 0 Å². The third-order valence-corrected chi connectivity index (χ3v) is 4.87. The third kappa shape index (κ3) is 5.46. The van der Waals surface area contributed by atoms with Gasteiger partial charge in [-0.1, -0.05) is 6.92 Å². The van der Waals surface area contributed by atoms with E-state index in [4.69, 9.17) is 9.47 Å². The second kappa shape index (κ2) is 9.42. The topological polar surface area (TPSA) is 60.8 Å². The third-order valence-electron chi connectivity index (χ3n) is 4.87. The Hall–Kier alpha value is -3.35. The second-order valence-corrected chi connectivity index (χ2v) is 8.64. The van der Waals surface area contributed by atoms with Crippen molar-refractivity contribution in [1.29, 1.82) is 0 Å². The number of anilines is 1. The standard InChI is InChI=1S/C25H29FN2O4/c1-6-7-23(29)27(5)19-10-12-21(13-11-19)31-16-20-14-17-8-9-18(26)15-22(17)28(20)24(30)32-25(2,3)4/h8-15H,6-7,16H2,1-5H3.